The van der Waals surface area contributed by atoms with Crippen LogP contribution in [-0.2, 0) is 23.8 Å². The summed E-state index contributed by atoms with van der Waals surface area (Å²) in [6.45, 7) is 5.83. The molecule has 5 nitrogen and oxygen atoms in total. The van der Waals surface area contributed by atoms with E-state index in [2.05, 4.69) is 0 Å². The Bertz CT molecular complexity index is 861. The maximum atomic E-state index is 12.8. The minimum atomic E-state index is -3.78. The predicted octanol–water partition coefficient (Wildman–Crippen LogP) is 4.42. The Morgan fingerprint density at radius 3 is 2.48 bits per heavy atom. The summed E-state index contributed by atoms with van der Waals surface area (Å²) in [5.41, 5.74) is 2.00. The van der Waals surface area contributed by atoms with Crippen LogP contribution in [0.4, 0.5) is 0 Å². The number of benzene rings is 1. The first-order valence-corrected chi connectivity index (χ1v) is 11.3. The lowest BCUT2D eigenvalue weighted by Crippen LogP contribution is -2.36. The molecule has 3 rings (SSSR count). The number of esters is 1. The molecule has 0 saturated heterocycles. The first-order valence-electron chi connectivity index (χ1n) is 9.76. The molecule has 1 heterocycles. The zero-order chi connectivity index (χ0) is 19.7. The normalized spacial score (nSPS) is 19.4. The lowest BCUT2D eigenvalue weighted by atomic mass is 9.82. The third-order valence-corrected chi connectivity index (χ3v) is 6.61. The number of hydrogen-bond donors (Lipinski definition) is 0. The van der Waals surface area contributed by atoms with E-state index in [1.54, 1.807) is 0 Å². The number of rotatable bonds is 6. The Labute approximate surface area is 161 Å². The van der Waals surface area contributed by atoms with Gasteiger partial charge in [-0.2, -0.15) is 8.42 Å². The van der Waals surface area contributed by atoms with Crippen LogP contribution in [0.3, 0.4) is 0 Å². The molecule has 1 saturated carbocycles. The molecule has 6 heteroatoms. The van der Waals surface area contributed by atoms with Crippen molar-refractivity contribution in [3.8, 4) is 0 Å². The van der Waals surface area contributed by atoms with Gasteiger partial charge in [-0.15, -0.1) is 0 Å². The molecule has 1 aromatic rings. The Morgan fingerprint density at radius 1 is 1.15 bits per heavy atom. The highest BCUT2D eigenvalue weighted by atomic mass is 32.2. The van der Waals surface area contributed by atoms with E-state index in [-0.39, 0.29) is 17.1 Å². The number of aryl methyl sites for hydroxylation is 2. The van der Waals surface area contributed by atoms with Gasteiger partial charge in [-0.25, -0.2) is 4.79 Å². The van der Waals surface area contributed by atoms with Crippen molar-refractivity contribution in [1.82, 2.24) is 0 Å². The van der Waals surface area contributed by atoms with E-state index < -0.39 is 21.7 Å². The number of hydrogen-bond acceptors (Lipinski definition) is 5. The average Bonchev–Trinajstić information content (AvgIpc) is 2.85. The molecule has 0 bridgehead atoms. The van der Waals surface area contributed by atoms with Crippen LogP contribution in [0.15, 0.2) is 24.0 Å². The van der Waals surface area contributed by atoms with Gasteiger partial charge >= 0.3 is 16.1 Å². The molecule has 1 spiro atoms. The second kappa shape index (κ2) is 7.66. The van der Waals surface area contributed by atoms with Gasteiger partial charge in [0, 0.05) is 0 Å². The zero-order valence-corrected chi connectivity index (χ0v) is 17.2. The Hall–Kier alpha value is -1.82. The lowest BCUT2D eigenvalue weighted by Gasteiger charge is -2.33. The van der Waals surface area contributed by atoms with Gasteiger partial charge < -0.3 is 8.92 Å². The van der Waals surface area contributed by atoms with Crippen LogP contribution in [0.25, 0.3) is 5.57 Å². The highest BCUT2D eigenvalue weighted by Crippen LogP contribution is 2.48. The lowest BCUT2D eigenvalue weighted by molar-refractivity contribution is -0.149. The average molecular weight is 393 g/mol. The van der Waals surface area contributed by atoms with Crippen LogP contribution in [-0.4, -0.2) is 25.7 Å². The smallest absolute Gasteiger partial charge is 0.343 e. The van der Waals surface area contributed by atoms with E-state index in [1.807, 2.05) is 39.0 Å². The Morgan fingerprint density at radius 2 is 1.85 bits per heavy atom. The molecule has 1 aromatic carbocycles. The maximum Gasteiger partial charge on any atom is 0.343 e. The topological polar surface area (TPSA) is 69.7 Å². The van der Waals surface area contributed by atoms with Crippen molar-refractivity contribution < 1.29 is 22.1 Å². The third-order valence-electron chi connectivity index (χ3n) is 5.40. The van der Waals surface area contributed by atoms with E-state index in [0.29, 0.717) is 24.8 Å². The summed E-state index contributed by atoms with van der Waals surface area (Å²) < 4.78 is 36.6. The van der Waals surface area contributed by atoms with Crippen LogP contribution in [0.5, 0.6) is 0 Å². The van der Waals surface area contributed by atoms with Crippen LogP contribution in [0.2, 0.25) is 0 Å². The number of unbranched alkanes of at least 4 members (excludes halogenated alkanes) is 1. The van der Waals surface area contributed by atoms with E-state index in [1.165, 1.54) is 0 Å². The fourth-order valence-corrected chi connectivity index (χ4v) is 5.20. The van der Waals surface area contributed by atoms with Crippen molar-refractivity contribution >= 4 is 21.7 Å². The van der Waals surface area contributed by atoms with E-state index in [9.17, 15) is 13.2 Å². The first-order chi connectivity index (χ1) is 12.8. The van der Waals surface area contributed by atoms with Gasteiger partial charge in [-0.1, -0.05) is 43.5 Å². The van der Waals surface area contributed by atoms with E-state index in [4.69, 9.17) is 8.92 Å². The van der Waals surface area contributed by atoms with Crippen molar-refractivity contribution in [3.63, 3.8) is 0 Å². The molecule has 0 unspecified atom stereocenters. The highest BCUT2D eigenvalue weighted by Gasteiger charge is 2.52. The second-order valence-electron chi connectivity index (χ2n) is 7.67. The zero-order valence-electron chi connectivity index (χ0n) is 16.3. The molecule has 1 fully saturated rings. The summed E-state index contributed by atoms with van der Waals surface area (Å²) in [5, 5.41) is 0. The second-order valence-corrected chi connectivity index (χ2v) is 9.36. The SMILES string of the molecule is CCCCS(=O)(=O)OC1=C(c2ccc(C)cc2C)C(=O)OC12CCCCC2. The van der Waals surface area contributed by atoms with Crippen LogP contribution >= 0.6 is 0 Å². The van der Waals surface area contributed by atoms with Crippen molar-refractivity contribution in [2.45, 2.75) is 71.3 Å². The minimum Gasteiger partial charge on any atom is -0.447 e. The highest BCUT2D eigenvalue weighted by molar-refractivity contribution is 7.86. The molecule has 27 heavy (non-hydrogen) atoms. The summed E-state index contributed by atoms with van der Waals surface area (Å²) in [5.74, 6) is -0.336. The van der Waals surface area contributed by atoms with Gasteiger partial charge in [0.2, 0.25) is 0 Å². The van der Waals surface area contributed by atoms with Crippen molar-refractivity contribution in [2.75, 3.05) is 5.75 Å². The third kappa shape index (κ3) is 4.05. The maximum absolute atomic E-state index is 12.8. The summed E-state index contributed by atoms with van der Waals surface area (Å²) in [6.07, 6.45) is 5.30. The van der Waals surface area contributed by atoms with E-state index >= 15 is 0 Å². The molecule has 1 aliphatic heterocycles. The summed E-state index contributed by atoms with van der Waals surface area (Å²) in [7, 11) is -3.78. The monoisotopic (exact) mass is 392 g/mol. The molecule has 2 aliphatic rings. The quantitative estimate of drug-likeness (QED) is 0.529. The standard InChI is InChI=1S/C21H28O5S/c1-4-5-13-27(23,24)26-19-18(17-10-9-15(2)14-16(17)3)20(22)25-21(19)11-7-6-8-12-21/h9-10,14H,4-8,11-13H2,1-3H3. The van der Waals surface area contributed by atoms with Crippen molar-refractivity contribution in [1.29, 1.82) is 0 Å². The van der Waals surface area contributed by atoms with Crippen LogP contribution in [0, 0.1) is 13.8 Å². The molecule has 1 aliphatic carbocycles. The molecule has 0 amide bonds. The number of carbonyl (C=O) groups excluding carboxylic acids is 1. The fourth-order valence-electron chi connectivity index (χ4n) is 3.98. The Kier molecular flexibility index (Phi) is 5.65. The number of ether oxygens (including phenoxy) is 1. The van der Waals surface area contributed by atoms with E-state index in [0.717, 1.165) is 36.8 Å². The molecule has 0 N–H and O–H groups in total. The summed E-state index contributed by atoms with van der Waals surface area (Å²) in [6, 6.07) is 5.74. The van der Waals surface area contributed by atoms with Crippen molar-refractivity contribution in [2.24, 2.45) is 0 Å². The summed E-state index contributed by atoms with van der Waals surface area (Å²) >= 11 is 0. The van der Waals surface area contributed by atoms with Crippen LogP contribution < -0.4 is 0 Å². The predicted molar refractivity (Wildman–Crippen MR) is 105 cm³/mol. The molecule has 0 aromatic heterocycles. The van der Waals surface area contributed by atoms with Gasteiger partial charge in [0.1, 0.15) is 5.57 Å². The minimum absolute atomic E-state index is 0.0581. The van der Waals surface area contributed by atoms with Gasteiger partial charge in [0.25, 0.3) is 0 Å². The summed E-state index contributed by atoms with van der Waals surface area (Å²) in [4.78, 5) is 12.8. The van der Waals surface area contributed by atoms with Gasteiger partial charge in [0.15, 0.2) is 11.4 Å². The fraction of sp³-hybridized carbons (Fsp3) is 0.571. The van der Waals surface area contributed by atoms with Crippen LogP contribution in [0.1, 0.15) is 68.6 Å². The van der Waals surface area contributed by atoms with Gasteiger partial charge in [-0.3, -0.25) is 0 Å². The number of carbonyl (C=O) groups is 1. The first kappa shape index (κ1) is 19.9. The molecule has 0 atom stereocenters. The Balaban J connectivity index is 2.12. The van der Waals surface area contributed by atoms with Gasteiger partial charge in [0.05, 0.1) is 5.75 Å². The van der Waals surface area contributed by atoms with Gasteiger partial charge in [-0.05, 0) is 57.1 Å². The van der Waals surface area contributed by atoms with Crippen molar-refractivity contribution in [3.05, 3.63) is 40.6 Å². The molecule has 0 radical (unpaired) electrons. The molecule has 148 valence electrons. The molecular weight excluding hydrogens is 364 g/mol. The largest absolute Gasteiger partial charge is 0.447 e. The molecular formula is C21H28O5S.